The molecule has 134 valence electrons. The molecule has 0 aromatic heterocycles. The molecule has 0 fully saturated rings. The molecule has 0 bridgehead atoms. The van der Waals surface area contributed by atoms with Crippen LogP contribution in [0.2, 0.25) is 5.02 Å². The van der Waals surface area contributed by atoms with E-state index in [0.29, 0.717) is 5.56 Å². The summed E-state index contributed by atoms with van der Waals surface area (Å²) >= 11 is 5.88. The Morgan fingerprint density at radius 3 is 2.56 bits per heavy atom. The van der Waals surface area contributed by atoms with Gasteiger partial charge in [0.25, 0.3) is 0 Å². The van der Waals surface area contributed by atoms with Gasteiger partial charge in [-0.3, -0.25) is 4.72 Å². The number of sulfonamides is 1. The molecule has 2 rings (SSSR count). The van der Waals surface area contributed by atoms with E-state index in [4.69, 9.17) is 16.3 Å². The summed E-state index contributed by atoms with van der Waals surface area (Å²) in [6.45, 7) is 3.48. The van der Waals surface area contributed by atoms with Gasteiger partial charge in [0.2, 0.25) is 10.0 Å². The van der Waals surface area contributed by atoms with E-state index in [9.17, 15) is 17.6 Å². The zero-order valence-electron chi connectivity index (χ0n) is 13.7. The van der Waals surface area contributed by atoms with Crippen LogP contribution in [0.5, 0.6) is 0 Å². The van der Waals surface area contributed by atoms with Gasteiger partial charge in [-0.25, -0.2) is 17.6 Å². The predicted molar refractivity (Wildman–Crippen MR) is 94.8 cm³/mol. The second kappa shape index (κ2) is 7.84. The Kier molecular flexibility index (Phi) is 6.02. The average Bonchev–Trinajstić information content (AvgIpc) is 2.53. The van der Waals surface area contributed by atoms with Crippen LogP contribution in [0.4, 0.5) is 10.1 Å². The van der Waals surface area contributed by atoms with Crippen LogP contribution in [0.25, 0.3) is 0 Å². The number of rotatable bonds is 6. The van der Waals surface area contributed by atoms with Crippen LogP contribution in [-0.4, -0.2) is 21.0 Å². The molecular formula is C17H17ClFNO4S. The Balaban J connectivity index is 2.29. The van der Waals surface area contributed by atoms with Crippen molar-refractivity contribution in [2.24, 2.45) is 0 Å². The van der Waals surface area contributed by atoms with Crippen LogP contribution in [-0.2, 0) is 20.5 Å². The normalized spacial score (nSPS) is 11.2. The lowest BCUT2D eigenvalue weighted by molar-refractivity contribution is 0.0525. The lowest BCUT2D eigenvalue weighted by Gasteiger charge is -2.14. The maximum Gasteiger partial charge on any atom is 0.338 e. The molecule has 8 heteroatoms. The van der Waals surface area contributed by atoms with Gasteiger partial charge < -0.3 is 4.74 Å². The highest BCUT2D eigenvalue weighted by atomic mass is 35.5. The molecule has 0 heterocycles. The minimum absolute atomic E-state index is 0.0300. The van der Waals surface area contributed by atoms with E-state index in [1.54, 1.807) is 19.9 Å². The highest BCUT2D eigenvalue weighted by Crippen LogP contribution is 2.25. The van der Waals surface area contributed by atoms with Crippen LogP contribution in [0.15, 0.2) is 36.4 Å². The first-order chi connectivity index (χ1) is 11.7. The standard InChI is InChI=1S/C17H17ClFNO4S/c1-3-24-17(21)12-6-4-9-16(11(12)2)20-25(22,23)10-13-14(18)7-5-8-15(13)19/h4-9,20H,3,10H2,1-2H3. The number of esters is 1. The van der Waals surface area contributed by atoms with Crippen LogP contribution in [0, 0.1) is 12.7 Å². The van der Waals surface area contributed by atoms with E-state index in [-0.39, 0.29) is 28.4 Å². The number of carbonyl (C=O) groups excluding carboxylic acids is 1. The molecule has 5 nitrogen and oxygen atoms in total. The average molecular weight is 386 g/mol. The Labute approximate surface area is 150 Å². The van der Waals surface area contributed by atoms with Crippen molar-refractivity contribution in [1.82, 2.24) is 0 Å². The van der Waals surface area contributed by atoms with Crippen molar-refractivity contribution in [2.75, 3.05) is 11.3 Å². The molecule has 0 atom stereocenters. The molecule has 25 heavy (non-hydrogen) atoms. The largest absolute Gasteiger partial charge is 0.462 e. The fraction of sp³-hybridized carbons (Fsp3) is 0.235. The summed E-state index contributed by atoms with van der Waals surface area (Å²) in [5.74, 6) is -1.87. The molecule has 2 aromatic carbocycles. The number of anilines is 1. The Morgan fingerprint density at radius 1 is 1.24 bits per heavy atom. The highest BCUT2D eigenvalue weighted by molar-refractivity contribution is 7.91. The molecular weight excluding hydrogens is 369 g/mol. The van der Waals surface area contributed by atoms with Gasteiger partial charge in [-0.1, -0.05) is 23.7 Å². The molecule has 0 unspecified atom stereocenters. The molecule has 0 aliphatic carbocycles. The predicted octanol–water partition coefficient (Wildman–Crippen LogP) is 3.91. The summed E-state index contributed by atoms with van der Waals surface area (Å²) in [6.07, 6.45) is 0. The molecule has 0 saturated carbocycles. The van der Waals surface area contributed by atoms with Crippen LogP contribution in [0.3, 0.4) is 0 Å². The van der Waals surface area contributed by atoms with Gasteiger partial charge >= 0.3 is 5.97 Å². The zero-order chi connectivity index (χ0) is 18.6. The van der Waals surface area contributed by atoms with E-state index in [2.05, 4.69) is 4.72 Å². The van der Waals surface area contributed by atoms with E-state index < -0.39 is 27.6 Å². The molecule has 0 aliphatic heterocycles. The van der Waals surface area contributed by atoms with Crippen LogP contribution < -0.4 is 4.72 Å². The van der Waals surface area contributed by atoms with Gasteiger partial charge in [0.1, 0.15) is 5.82 Å². The minimum atomic E-state index is -3.94. The third-order valence-electron chi connectivity index (χ3n) is 3.49. The lowest BCUT2D eigenvalue weighted by Crippen LogP contribution is -2.18. The smallest absolute Gasteiger partial charge is 0.338 e. The summed E-state index contributed by atoms with van der Waals surface area (Å²) in [5.41, 5.74) is 0.781. The molecule has 0 spiro atoms. The van der Waals surface area contributed by atoms with E-state index >= 15 is 0 Å². The summed E-state index contributed by atoms with van der Waals surface area (Å²) in [6, 6.07) is 8.55. The van der Waals surface area contributed by atoms with E-state index in [1.807, 2.05) is 0 Å². The quantitative estimate of drug-likeness (QED) is 0.765. The maximum atomic E-state index is 13.8. The van der Waals surface area contributed by atoms with Crippen molar-refractivity contribution in [3.63, 3.8) is 0 Å². The van der Waals surface area contributed by atoms with Crippen LogP contribution in [0.1, 0.15) is 28.4 Å². The van der Waals surface area contributed by atoms with Crippen molar-refractivity contribution < 1.29 is 22.3 Å². The van der Waals surface area contributed by atoms with Crippen molar-refractivity contribution in [2.45, 2.75) is 19.6 Å². The summed E-state index contributed by atoms with van der Waals surface area (Å²) in [7, 11) is -3.94. The van der Waals surface area contributed by atoms with Gasteiger partial charge in [0.05, 0.1) is 23.6 Å². The number of ether oxygens (including phenoxy) is 1. The van der Waals surface area contributed by atoms with Gasteiger partial charge in [-0.15, -0.1) is 0 Å². The first-order valence-corrected chi connectivity index (χ1v) is 9.48. The second-order valence-corrected chi connectivity index (χ2v) is 7.39. The van der Waals surface area contributed by atoms with E-state index in [1.165, 1.54) is 24.3 Å². The monoisotopic (exact) mass is 385 g/mol. The second-order valence-electron chi connectivity index (χ2n) is 5.26. The Morgan fingerprint density at radius 2 is 1.92 bits per heavy atom. The molecule has 0 saturated heterocycles. The van der Waals surface area contributed by atoms with Crippen molar-refractivity contribution in [1.29, 1.82) is 0 Å². The van der Waals surface area contributed by atoms with E-state index in [0.717, 1.165) is 6.07 Å². The topological polar surface area (TPSA) is 72.5 Å². The fourth-order valence-corrected chi connectivity index (χ4v) is 3.85. The number of benzene rings is 2. The first-order valence-electron chi connectivity index (χ1n) is 7.45. The maximum absolute atomic E-state index is 13.8. The Bertz CT molecular complexity index is 879. The Hall–Kier alpha value is -2.12. The van der Waals surface area contributed by atoms with Gasteiger partial charge in [0, 0.05) is 10.6 Å². The zero-order valence-corrected chi connectivity index (χ0v) is 15.2. The molecule has 0 radical (unpaired) electrons. The molecule has 0 amide bonds. The summed E-state index contributed by atoms with van der Waals surface area (Å²) < 4.78 is 45.9. The molecule has 1 N–H and O–H groups in total. The number of halogens is 2. The van der Waals surface area contributed by atoms with Crippen molar-refractivity contribution >= 4 is 33.3 Å². The SMILES string of the molecule is CCOC(=O)c1cccc(NS(=O)(=O)Cc2c(F)cccc2Cl)c1C. The number of carbonyl (C=O) groups is 1. The number of hydrogen-bond acceptors (Lipinski definition) is 4. The number of nitrogens with one attached hydrogen (secondary N) is 1. The lowest BCUT2D eigenvalue weighted by atomic mass is 10.1. The molecule has 2 aromatic rings. The summed E-state index contributed by atoms with van der Waals surface area (Å²) in [5, 5.41) is 0.0300. The fourth-order valence-electron chi connectivity index (χ4n) is 2.24. The highest BCUT2D eigenvalue weighted by Gasteiger charge is 2.20. The summed E-state index contributed by atoms with van der Waals surface area (Å²) in [4.78, 5) is 11.9. The first kappa shape index (κ1) is 19.2. The van der Waals surface area contributed by atoms with Gasteiger partial charge in [-0.2, -0.15) is 0 Å². The van der Waals surface area contributed by atoms with Crippen molar-refractivity contribution in [3.05, 3.63) is 63.9 Å². The third-order valence-corrected chi connectivity index (χ3v) is 5.04. The van der Waals surface area contributed by atoms with Crippen molar-refractivity contribution in [3.8, 4) is 0 Å². The molecule has 0 aliphatic rings. The third kappa shape index (κ3) is 4.70. The number of hydrogen-bond donors (Lipinski definition) is 1. The van der Waals surface area contributed by atoms with Crippen LogP contribution >= 0.6 is 11.6 Å². The van der Waals surface area contributed by atoms with Gasteiger partial charge in [-0.05, 0) is 43.7 Å². The minimum Gasteiger partial charge on any atom is -0.462 e. The van der Waals surface area contributed by atoms with Gasteiger partial charge in [0.15, 0.2) is 0 Å².